The molecular formula is C17H17Cl2N. The summed E-state index contributed by atoms with van der Waals surface area (Å²) < 4.78 is 0. The molecule has 0 saturated carbocycles. The second-order valence-corrected chi connectivity index (χ2v) is 6.19. The number of hydrogen-bond acceptors (Lipinski definition) is 1. The van der Waals surface area contributed by atoms with Crippen molar-refractivity contribution in [1.82, 2.24) is 5.32 Å². The first-order valence-electron chi connectivity index (χ1n) is 6.88. The molecular weight excluding hydrogens is 289 g/mol. The van der Waals surface area contributed by atoms with Crippen molar-refractivity contribution in [1.29, 1.82) is 0 Å². The minimum Gasteiger partial charge on any atom is -0.313 e. The predicted octanol–water partition coefficient (Wildman–Crippen LogP) is 4.67. The van der Waals surface area contributed by atoms with Gasteiger partial charge in [-0.15, -0.1) is 0 Å². The number of fused-ring (bicyclic) bond motifs is 1. The molecule has 0 aromatic heterocycles. The molecule has 2 aromatic rings. The molecule has 2 aromatic carbocycles. The number of nitrogens with one attached hydrogen (secondary N) is 1. The topological polar surface area (TPSA) is 12.0 Å². The highest BCUT2D eigenvalue weighted by Crippen LogP contribution is 2.36. The van der Waals surface area contributed by atoms with Gasteiger partial charge >= 0.3 is 0 Å². The summed E-state index contributed by atoms with van der Waals surface area (Å²) in [6.45, 7) is 0. The van der Waals surface area contributed by atoms with Gasteiger partial charge in [0.05, 0.1) is 10.0 Å². The summed E-state index contributed by atoms with van der Waals surface area (Å²) in [4.78, 5) is 0. The summed E-state index contributed by atoms with van der Waals surface area (Å²) in [5.74, 6) is 0.564. The molecule has 0 bridgehead atoms. The van der Waals surface area contributed by atoms with Gasteiger partial charge in [0.25, 0.3) is 0 Å². The molecule has 0 heterocycles. The lowest BCUT2D eigenvalue weighted by molar-refractivity contribution is 0.397. The van der Waals surface area contributed by atoms with Crippen molar-refractivity contribution in [2.24, 2.45) is 5.92 Å². The molecule has 0 saturated heterocycles. The smallest absolute Gasteiger partial charge is 0.0595 e. The van der Waals surface area contributed by atoms with Crippen LogP contribution >= 0.6 is 23.2 Å². The maximum Gasteiger partial charge on any atom is 0.0595 e. The van der Waals surface area contributed by atoms with Gasteiger partial charge < -0.3 is 5.32 Å². The summed E-state index contributed by atoms with van der Waals surface area (Å²) in [5.41, 5.74) is 4.15. The van der Waals surface area contributed by atoms with Crippen LogP contribution in [0.1, 0.15) is 22.7 Å². The molecule has 1 aliphatic rings. The van der Waals surface area contributed by atoms with Crippen molar-refractivity contribution in [2.75, 3.05) is 7.05 Å². The van der Waals surface area contributed by atoms with Gasteiger partial charge in [0.15, 0.2) is 0 Å². The van der Waals surface area contributed by atoms with Crippen molar-refractivity contribution < 1.29 is 0 Å². The first-order valence-corrected chi connectivity index (χ1v) is 7.63. The monoisotopic (exact) mass is 305 g/mol. The SMILES string of the molecule is CNC(c1ccc(Cl)c(Cl)c1)C1Cc2ccccc2C1. The van der Waals surface area contributed by atoms with Crippen molar-refractivity contribution in [2.45, 2.75) is 18.9 Å². The van der Waals surface area contributed by atoms with E-state index in [0.717, 1.165) is 12.8 Å². The third-order valence-electron chi connectivity index (χ3n) is 4.17. The van der Waals surface area contributed by atoms with E-state index in [-0.39, 0.29) is 0 Å². The van der Waals surface area contributed by atoms with E-state index in [4.69, 9.17) is 23.2 Å². The Morgan fingerprint density at radius 2 is 1.65 bits per heavy atom. The van der Waals surface area contributed by atoms with Gasteiger partial charge in [-0.05, 0) is 54.6 Å². The fourth-order valence-electron chi connectivity index (χ4n) is 3.21. The van der Waals surface area contributed by atoms with Gasteiger partial charge in [-0.2, -0.15) is 0 Å². The van der Waals surface area contributed by atoms with Gasteiger partial charge in [-0.25, -0.2) is 0 Å². The van der Waals surface area contributed by atoms with E-state index in [1.807, 2.05) is 19.2 Å². The third-order valence-corrected chi connectivity index (χ3v) is 4.91. The van der Waals surface area contributed by atoms with E-state index in [0.29, 0.717) is 22.0 Å². The van der Waals surface area contributed by atoms with Crippen LogP contribution in [0.5, 0.6) is 0 Å². The Morgan fingerprint density at radius 3 is 2.20 bits per heavy atom. The average Bonchev–Trinajstić information content (AvgIpc) is 2.87. The molecule has 0 amide bonds. The zero-order valence-electron chi connectivity index (χ0n) is 11.4. The minimum absolute atomic E-state index is 0.303. The lowest BCUT2D eigenvalue weighted by atomic mass is 9.91. The molecule has 3 rings (SSSR count). The molecule has 1 N–H and O–H groups in total. The maximum atomic E-state index is 6.15. The van der Waals surface area contributed by atoms with Gasteiger partial charge in [0, 0.05) is 6.04 Å². The van der Waals surface area contributed by atoms with E-state index in [9.17, 15) is 0 Å². The second kappa shape index (κ2) is 5.77. The van der Waals surface area contributed by atoms with E-state index in [2.05, 4.69) is 35.6 Å². The summed E-state index contributed by atoms with van der Waals surface area (Å²) in [6.07, 6.45) is 2.23. The minimum atomic E-state index is 0.303. The summed E-state index contributed by atoms with van der Waals surface area (Å²) >= 11 is 12.2. The lowest BCUT2D eigenvalue weighted by Crippen LogP contribution is -2.25. The van der Waals surface area contributed by atoms with Gasteiger partial charge in [-0.3, -0.25) is 0 Å². The molecule has 0 spiro atoms. The Morgan fingerprint density at radius 1 is 1.00 bits per heavy atom. The maximum absolute atomic E-state index is 6.15. The van der Waals surface area contributed by atoms with Crippen LogP contribution in [0, 0.1) is 5.92 Å². The van der Waals surface area contributed by atoms with Crippen LogP contribution in [0.25, 0.3) is 0 Å². The summed E-state index contributed by atoms with van der Waals surface area (Å²) in [7, 11) is 2.01. The molecule has 104 valence electrons. The molecule has 1 atom stereocenters. The molecule has 3 heteroatoms. The van der Waals surface area contributed by atoms with Crippen molar-refractivity contribution in [3.63, 3.8) is 0 Å². The van der Waals surface area contributed by atoms with Gasteiger partial charge in [0.2, 0.25) is 0 Å². The standard InChI is InChI=1S/C17H17Cl2N/c1-20-17(13-6-7-15(18)16(19)10-13)14-8-11-4-2-3-5-12(11)9-14/h2-7,10,14,17,20H,8-9H2,1H3. The summed E-state index contributed by atoms with van der Waals surface area (Å²) in [5, 5.41) is 4.68. The third kappa shape index (κ3) is 2.58. The molecule has 1 nitrogen and oxygen atoms in total. The van der Waals surface area contributed by atoms with Crippen molar-refractivity contribution in [3.05, 3.63) is 69.2 Å². The van der Waals surface area contributed by atoms with Gasteiger partial charge in [0.1, 0.15) is 0 Å². The highest BCUT2D eigenvalue weighted by atomic mass is 35.5. The molecule has 0 fully saturated rings. The Bertz CT molecular complexity index is 599. The second-order valence-electron chi connectivity index (χ2n) is 5.38. The van der Waals surface area contributed by atoms with Crippen molar-refractivity contribution in [3.8, 4) is 0 Å². The quantitative estimate of drug-likeness (QED) is 0.869. The molecule has 1 aliphatic carbocycles. The highest BCUT2D eigenvalue weighted by Gasteiger charge is 2.28. The highest BCUT2D eigenvalue weighted by molar-refractivity contribution is 6.42. The van der Waals surface area contributed by atoms with Crippen LogP contribution in [0.4, 0.5) is 0 Å². The summed E-state index contributed by atoms with van der Waals surface area (Å²) in [6, 6.07) is 14.9. The first kappa shape index (κ1) is 13.9. The van der Waals surface area contributed by atoms with E-state index < -0.39 is 0 Å². The van der Waals surface area contributed by atoms with Crippen LogP contribution in [0.3, 0.4) is 0 Å². The fraction of sp³-hybridized carbons (Fsp3) is 0.294. The zero-order chi connectivity index (χ0) is 14.1. The fourth-order valence-corrected chi connectivity index (χ4v) is 3.52. The van der Waals surface area contributed by atoms with E-state index >= 15 is 0 Å². The Labute approximate surface area is 129 Å². The van der Waals surface area contributed by atoms with Crippen LogP contribution in [-0.2, 0) is 12.8 Å². The van der Waals surface area contributed by atoms with Crippen molar-refractivity contribution >= 4 is 23.2 Å². The average molecular weight is 306 g/mol. The zero-order valence-corrected chi connectivity index (χ0v) is 12.9. The van der Waals surface area contributed by atoms with Crippen LogP contribution in [-0.4, -0.2) is 7.05 Å². The number of rotatable bonds is 3. The molecule has 0 radical (unpaired) electrons. The number of halogens is 2. The predicted molar refractivity (Wildman–Crippen MR) is 85.6 cm³/mol. The molecule has 20 heavy (non-hydrogen) atoms. The van der Waals surface area contributed by atoms with E-state index in [1.165, 1.54) is 16.7 Å². The Hall–Kier alpha value is -1.02. The molecule has 1 unspecified atom stereocenters. The van der Waals surface area contributed by atoms with Gasteiger partial charge in [-0.1, -0.05) is 53.5 Å². The normalized spacial score (nSPS) is 16.1. The lowest BCUT2D eigenvalue weighted by Gasteiger charge is -2.23. The Balaban J connectivity index is 1.87. The van der Waals surface area contributed by atoms with E-state index in [1.54, 1.807) is 0 Å². The van der Waals surface area contributed by atoms with Crippen LogP contribution in [0.15, 0.2) is 42.5 Å². The molecule has 0 aliphatic heterocycles. The van der Waals surface area contributed by atoms with Crippen LogP contribution < -0.4 is 5.32 Å². The number of benzene rings is 2. The van der Waals surface area contributed by atoms with Crippen LogP contribution in [0.2, 0.25) is 10.0 Å². The Kier molecular flexibility index (Phi) is 4.02. The largest absolute Gasteiger partial charge is 0.313 e. The number of hydrogen-bond donors (Lipinski definition) is 1. The first-order chi connectivity index (χ1) is 9.69.